The molecule has 11 heteroatoms. The molecule has 0 saturated carbocycles. The van der Waals surface area contributed by atoms with E-state index in [1.807, 2.05) is 25.1 Å². The third-order valence-corrected chi connectivity index (χ3v) is 9.35. The van der Waals surface area contributed by atoms with Gasteiger partial charge >= 0.3 is 5.97 Å². The van der Waals surface area contributed by atoms with Crippen molar-refractivity contribution in [2.45, 2.75) is 6.92 Å². The Bertz CT molecular complexity index is 700. The lowest BCUT2D eigenvalue weighted by atomic mass is 10.4. The summed E-state index contributed by atoms with van der Waals surface area (Å²) in [6, 6.07) is 1.83. The van der Waals surface area contributed by atoms with Crippen LogP contribution in [0, 0.1) is 0 Å². The summed E-state index contributed by atoms with van der Waals surface area (Å²) >= 11 is 0. The number of carbonyl (C=O) groups excluding carboxylic acids is 1. The Hall–Kier alpha value is -0.780. The number of esters is 1. The number of carbonyl (C=O) groups is 1. The van der Waals surface area contributed by atoms with Gasteiger partial charge < -0.3 is 47.5 Å². The number of rotatable bonds is 7. The first-order valence-corrected chi connectivity index (χ1v) is 12.2. The molecule has 0 unspecified atom stereocenters. The summed E-state index contributed by atoms with van der Waals surface area (Å²) in [6.07, 6.45) is 1.69. The van der Waals surface area contributed by atoms with Crippen LogP contribution < -0.4 is 29.3 Å². The maximum Gasteiger partial charge on any atom is 0.374 e. The normalized spacial score (nSPS) is 18.9. The zero-order chi connectivity index (χ0) is 20.9. The predicted octanol–water partition coefficient (Wildman–Crippen LogP) is -1.55. The van der Waals surface area contributed by atoms with Crippen molar-refractivity contribution in [3.05, 3.63) is 11.8 Å². The molecule has 3 heterocycles. The second-order valence-electron chi connectivity index (χ2n) is 7.27. The molecule has 2 aliphatic heterocycles. The summed E-state index contributed by atoms with van der Waals surface area (Å²) in [5.41, 5.74) is 0. The van der Waals surface area contributed by atoms with Crippen molar-refractivity contribution in [1.82, 2.24) is 14.2 Å². The standard InChI is InChI=1S/C19H32N4O5P.HI/c1-5-27-19(24)16-14-17(18(28-16)20-15-21(2)3)29(4,22-6-10-25-11-7-22)23-8-12-26-13-9-23;/h14-15H,5-13H2,1-4H3;1H/q+1;/p-1. The molecule has 2 aliphatic rings. The number of halogens is 1. The largest absolute Gasteiger partial charge is 1.00 e. The van der Waals surface area contributed by atoms with Gasteiger partial charge in [-0.2, -0.15) is 9.34 Å². The summed E-state index contributed by atoms with van der Waals surface area (Å²) in [4.78, 5) is 18.8. The van der Waals surface area contributed by atoms with Crippen LogP contribution in [0.1, 0.15) is 17.5 Å². The van der Waals surface area contributed by atoms with Crippen LogP contribution in [0.5, 0.6) is 0 Å². The monoisotopic (exact) mass is 554 g/mol. The number of nitrogens with zero attached hydrogens (tertiary/aromatic N) is 4. The van der Waals surface area contributed by atoms with Crippen LogP contribution in [-0.2, 0) is 14.2 Å². The molecule has 0 radical (unpaired) electrons. The van der Waals surface area contributed by atoms with Gasteiger partial charge in [-0.05, 0) is 6.92 Å². The quantitative estimate of drug-likeness (QED) is 0.132. The molecular weight excluding hydrogens is 522 g/mol. The second-order valence-corrected chi connectivity index (χ2v) is 10.7. The molecule has 0 aliphatic carbocycles. The lowest BCUT2D eigenvalue weighted by Crippen LogP contribution is -3.00. The van der Waals surface area contributed by atoms with Crippen molar-refractivity contribution in [1.29, 1.82) is 0 Å². The van der Waals surface area contributed by atoms with Crippen LogP contribution in [0.2, 0.25) is 0 Å². The van der Waals surface area contributed by atoms with Gasteiger partial charge in [0.2, 0.25) is 5.76 Å². The van der Waals surface area contributed by atoms with Gasteiger partial charge in [-0.25, -0.2) is 9.79 Å². The van der Waals surface area contributed by atoms with Crippen molar-refractivity contribution >= 4 is 31.1 Å². The Morgan fingerprint density at radius 3 is 2.17 bits per heavy atom. The first kappa shape index (κ1) is 25.5. The number of aliphatic imine (C=N–C) groups is 1. The first-order chi connectivity index (χ1) is 14.0. The summed E-state index contributed by atoms with van der Waals surface area (Å²) in [6.45, 7) is 10.5. The van der Waals surface area contributed by atoms with Crippen LogP contribution in [0.25, 0.3) is 0 Å². The Morgan fingerprint density at radius 2 is 1.70 bits per heavy atom. The number of morpholine rings is 2. The molecule has 3 rings (SSSR count). The number of hydrogen-bond acceptors (Lipinski definition) is 8. The molecule has 170 valence electrons. The highest BCUT2D eigenvalue weighted by atomic mass is 127. The maximum atomic E-state index is 12.4. The van der Waals surface area contributed by atoms with E-state index in [0.29, 0.717) is 38.9 Å². The number of ether oxygens (including phenoxy) is 3. The lowest BCUT2D eigenvalue weighted by Gasteiger charge is -2.42. The molecule has 0 amide bonds. The van der Waals surface area contributed by atoms with E-state index in [4.69, 9.17) is 18.6 Å². The Balaban J connectivity index is 0.00000320. The first-order valence-electron chi connectivity index (χ1n) is 10.0. The van der Waals surface area contributed by atoms with Crippen molar-refractivity contribution in [2.24, 2.45) is 4.99 Å². The van der Waals surface area contributed by atoms with Gasteiger partial charge in [0, 0.05) is 20.2 Å². The van der Waals surface area contributed by atoms with Gasteiger partial charge in [0.25, 0.3) is 5.88 Å². The van der Waals surface area contributed by atoms with E-state index >= 15 is 0 Å². The van der Waals surface area contributed by atoms with Gasteiger partial charge in [0.05, 0.1) is 72.2 Å². The van der Waals surface area contributed by atoms with Crippen LogP contribution >= 0.6 is 7.56 Å². The van der Waals surface area contributed by atoms with Crippen LogP contribution in [0.15, 0.2) is 15.5 Å². The van der Waals surface area contributed by atoms with Gasteiger partial charge in [0.1, 0.15) is 0 Å². The van der Waals surface area contributed by atoms with Crippen LogP contribution in [-0.4, -0.2) is 107 Å². The zero-order valence-electron chi connectivity index (χ0n) is 18.2. The van der Waals surface area contributed by atoms with E-state index in [2.05, 4.69) is 21.0 Å². The average Bonchev–Trinajstić information content (AvgIpc) is 3.18. The summed E-state index contributed by atoms with van der Waals surface area (Å²) in [5.74, 6) is 0.201. The fraction of sp³-hybridized carbons (Fsp3) is 0.684. The van der Waals surface area contributed by atoms with Crippen molar-refractivity contribution in [3.8, 4) is 0 Å². The van der Waals surface area contributed by atoms with Crippen molar-refractivity contribution in [3.63, 3.8) is 0 Å². The highest BCUT2D eigenvalue weighted by molar-refractivity contribution is 7.78. The van der Waals surface area contributed by atoms with E-state index in [-0.39, 0.29) is 29.7 Å². The van der Waals surface area contributed by atoms with E-state index in [0.717, 1.165) is 31.5 Å². The lowest BCUT2D eigenvalue weighted by molar-refractivity contribution is -0.0000255. The second kappa shape index (κ2) is 11.7. The zero-order valence-corrected chi connectivity index (χ0v) is 21.2. The van der Waals surface area contributed by atoms with E-state index in [1.54, 1.807) is 13.3 Å². The van der Waals surface area contributed by atoms with E-state index in [1.165, 1.54) is 0 Å². The van der Waals surface area contributed by atoms with Gasteiger partial charge in [-0.15, -0.1) is 0 Å². The Morgan fingerprint density at radius 1 is 1.17 bits per heavy atom. The predicted molar refractivity (Wildman–Crippen MR) is 114 cm³/mol. The fourth-order valence-electron chi connectivity index (χ4n) is 3.61. The molecule has 0 spiro atoms. The van der Waals surface area contributed by atoms with E-state index < -0.39 is 13.5 Å². The molecule has 0 atom stereocenters. The number of hydrogen-bond donors (Lipinski definition) is 0. The summed E-state index contributed by atoms with van der Waals surface area (Å²) in [7, 11) is 1.76. The van der Waals surface area contributed by atoms with Gasteiger partial charge in [-0.1, -0.05) is 0 Å². The van der Waals surface area contributed by atoms with Gasteiger partial charge in [-0.3, -0.25) is 0 Å². The Labute approximate surface area is 196 Å². The highest BCUT2D eigenvalue weighted by Crippen LogP contribution is 2.62. The van der Waals surface area contributed by atoms with Gasteiger partial charge in [0.15, 0.2) is 12.9 Å². The highest BCUT2D eigenvalue weighted by Gasteiger charge is 2.52. The molecular formula is C19H32IN4O5P. The third kappa shape index (κ3) is 5.72. The smallest absolute Gasteiger partial charge is 0.374 e. The molecule has 0 aromatic carbocycles. The average molecular weight is 554 g/mol. The minimum Gasteiger partial charge on any atom is -1.00 e. The molecule has 1 aromatic rings. The molecule has 30 heavy (non-hydrogen) atoms. The molecule has 0 N–H and O–H groups in total. The molecule has 0 bridgehead atoms. The third-order valence-electron chi connectivity index (χ3n) is 5.11. The Kier molecular flexibility index (Phi) is 9.96. The topological polar surface area (TPSA) is 80.0 Å². The molecule has 1 aromatic heterocycles. The SMILES string of the molecule is CCOC(=O)c1cc([P+](C)(N2CCOCC2)N2CCOCC2)c(N=CN(C)C)o1.[I-]. The van der Waals surface area contributed by atoms with E-state index in [9.17, 15) is 4.79 Å². The van der Waals surface area contributed by atoms with Crippen LogP contribution in [0.3, 0.4) is 0 Å². The van der Waals surface area contributed by atoms with Crippen LogP contribution in [0.4, 0.5) is 5.88 Å². The van der Waals surface area contributed by atoms with Crippen molar-refractivity contribution < 1.29 is 47.4 Å². The maximum absolute atomic E-state index is 12.4. The fourth-order valence-corrected chi connectivity index (χ4v) is 7.29. The summed E-state index contributed by atoms with van der Waals surface area (Å²) in [5, 5.41) is 0.961. The number of furan rings is 1. The minimum atomic E-state index is -2.04. The molecule has 2 fully saturated rings. The summed E-state index contributed by atoms with van der Waals surface area (Å²) < 4.78 is 27.3. The molecule has 9 nitrogen and oxygen atoms in total. The van der Waals surface area contributed by atoms with Crippen molar-refractivity contribution in [2.75, 3.05) is 80.0 Å². The molecule has 2 saturated heterocycles. The minimum absolute atomic E-state index is 0.